The number of rotatable bonds is 5. The van der Waals surface area contributed by atoms with Gasteiger partial charge >= 0.3 is 5.97 Å². The van der Waals surface area contributed by atoms with Gasteiger partial charge in [-0.15, -0.1) is 12.4 Å². The van der Waals surface area contributed by atoms with Crippen LogP contribution in [0.15, 0.2) is 23.0 Å². The topological polar surface area (TPSA) is 128 Å². The first kappa shape index (κ1) is 24.3. The number of aromatic nitrogens is 2. The molecule has 4 N–H and O–H groups in total. The second kappa shape index (κ2) is 9.29. The number of halogens is 1. The fraction of sp³-hybridized carbons (Fsp3) is 0.348. The highest BCUT2D eigenvalue weighted by Gasteiger charge is 2.26. The number of aromatic carboxylic acids is 1. The monoisotopic (exact) mass is 474 g/mol. The van der Waals surface area contributed by atoms with Gasteiger partial charge in [-0.3, -0.25) is 9.59 Å². The molecule has 2 heterocycles. The predicted octanol–water partition coefficient (Wildman–Crippen LogP) is 2.03. The van der Waals surface area contributed by atoms with Crippen molar-refractivity contribution in [2.45, 2.75) is 25.8 Å². The Labute approximate surface area is 196 Å². The van der Waals surface area contributed by atoms with Crippen LogP contribution >= 0.6 is 12.4 Å². The highest BCUT2D eigenvalue weighted by Crippen LogP contribution is 2.38. The zero-order valence-corrected chi connectivity index (χ0v) is 19.5. The third-order valence-corrected chi connectivity index (χ3v) is 6.09. The van der Waals surface area contributed by atoms with E-state index in [2.05, 4.69) is 20.9 Å². The second-order valence-electron chi connectivity index (χ2n) is 8.34. The van der Waals surface area contributed by atoms with Gasteiger partial charge in [-0.2, -0.15) is 0 Å². The summed E-state index contributed by atoms with van der Waals surface area (Å²) in [5.41, 5.74) is 3.35. The lowest BCUT2D eigenvalue weighted by molar-refractivity contribution is -0.127. The summed E-state index contributed by atoms with van der Waals surface area (Å²) in [7, 11) is 5.40. The van der Waals surface area contributed by atoms with Crippen molar-refractivity contribution in [1.82, 2.24) is 19.8 Å². The number of carbonyl (C=O) groups is 2. The quantitative estimate of drug-likeness (QED) is 0.448. The van der Waals surface area contributed by atoms with Crippen LogP contribution in [0.4, 0.5) is 0 Å². The minimum absolute atomic E-state index is 0. The first-order valence-corrected chi connectivity index (χ1v) is 10.4. The molecule has 0 saturated carbocycles. The minimum atomic E-state index is -1.44. The van der Waals surface area contributed by atoms with Gasteiger partial charge in [-0.1, -0.05) is 0 Å². The van der Waals surface area contributed by atoms with Gasteiger partial charge in [0.15, 0.2) is 5.56 Å². The van der Waals surface area contributed by atoms with Crippen LogP contribution in [-0.2, 0) is 31.2 Å². The molecule has 0 saturated heterocycles. The van der Waals surface area contributed by atoms with E-state index in [-0.39, 0.29) is 24.9 Å². The molecule has 0 unspecified atom stereocenters. The van der Waals surface area contributed by atoms with Crippen molar-refractivity contribution in [1.29, 1.82) is 0 Å². The normalized spacial score (nSPS) is 12.5. The molecule has 1 aliphatic rings. The molecule has 0 radical (unpaired) electrons. The Kier molecular flexibility index (Phi) is 6.85. The Morgan fingerprint density at radius 1 is 1.21 bits per heavy atom. The fourth-order valence-electron chi connectivity index (χ4n) is 4.31. The van der Waals surface area contributed by atoms with Crippen LogP contribution in [0.25, 0.3) is 22.2 Å². The van der Waals surface area contributed by atoms with E-state index in [1.54, 1.807) is 14.1 Å². The largest absolute Gasteiger partial charge is 0.506 e. The molecule has 1 amide bonds. The number of aryl methyl sites for hydroxylation is 2. The third-order valence-electron chi connectivity index (χ3n) is 6.09. The van der Waals surface area contributed by atoms with Crippen LogP contribution in [0.1, 0.15) is 33.6 Å². The molecule has 4 rings (SSSR count). The van der Waals surface area contributed by atoms with Crippen LogP contribution < -0.4 is 10.9 Å². The number of likely N-dealkylation sites (N-methyl/N-ethyl adjacent to an activating group) is 1. The average Bonchev–Trinajstić information content (AvgIpc) is 2.91. The van der Waals surface area contributed by atoms with Gasteiger partial charge in [-0.25, -0.2) is 4.79 Å². The molecule has 0 aliphatic heterocycles. The molecule has 9 nitrogen and oxygen atoms in total. The zero-order chi connectivity index (χ0) is 23.2. The number of hydrogen-bond donors (Lipinski definition) is 4. The Morgan fingerprint density at radius 3 is 2.61 bits per heavy atom. The van der Waals surface area contributed by atoms with Crippen LogP contribution in [0.3, 0.4) is 0 Å². The van der Waals surface area contributed by atoms with Gasteiger partial charge in [0.05, 0.1) is 12.2 Å². The van der Waals surface area contributed by atoms with Crippen LogP contribution in [0.5, 0.6) is 5.75 Å². The summed E-state index contributed by atoms with van der Waals surface area (Å²) in [6, 6.07) is 6.07. The Morgan fingerprint density at radius 2 is 1.94 bits per heavy atom. The lowest BCUT2D eigenvalue weighted by Gasteiger charge is -2.13. The standard InChI is InChI=1S/C23H26N4O5.ClH/c1-26(2)18(28)11-24-10-14-7-13-8-16-12(9-17(13)27(14)3)5-4-6-15-20(16)25-22(30)19(21(15)29)23(31)32;/h7-9,24H,4-6,10-11H2,1-3H3,(H,31,32)(H2,25,29,30);1H. The number of hydrogen-bond acceptors (Lipinski definition) is 5. The SMILES string of the molecule is CN(C)C(=O)CNCc1cc2cc3c(cc2n1C)CCCc1c-3[nH]c(=O)c(C(=O)O)c1O.Cl. The van der Waals surface area contributed by atoms with Gasteiger partial charge in [-0.05, 0) is 43.0 Å². The molecule has 1 aliphatic carbocycles. The van der Waals surface area contributed by atoms with Crippen molar-refractivity contribution in [2.75, 3.05) is 20.6 Å². The van der Waals surface area contributed by atoms with Crippen molar-refractivity contribution >= 4 is 35.2 Å². The highest BCUT2D eigenvalue weighted by molar-refractivity contribution is 5.93. The molecular weight excluding hydrogens is 448 g/mol. The average molecular weight is 475 g/mol. The highest BCUT2D eigenvalue weighted by atomic mass is 35.5. The number of H-pyrrole nitrogens is 1. The molecule has 1 aromatic carbocycles. The summed E-state index contributed by atoms with van der Waals surface area (Å²) >= 11 is 0. The van der Waals surface area contributed by atoms with E-state index < -0.39 is 22.8 Å². The molecule has 0 spiro atoms. The summed E-state index contributed by atoms with van der Waals surface area (Å²) in [5, 5.41) is 24.0. The van der Waals surface area contributed by atoms with E-state index in [1.807, 2.05) is 19.2 Å². The van der Waals surface area contributed by atoms with Gasteiger partial charge in [0.25, 0.3) is 5.56 Å². The molecule has 0 fully saturated rings. The number of benzene rings is 1. The van der Waals surface area contributed by atoms with Gasteiger partial charge in [0.2, 0.25) is 5.91 Å². The van der Waals surface area contributed by atoms with Crippen molar-refractivity contribution in [3.8, 4) is 17.0 Å². The van der Waals surface area contributed by atoms with E-state index in [0.29, 0.717) is 24.2 Å². The van der Waals surface area contributed by atoms with Crippen molar-refractivity contribution < 1.29 is 19.8 Å². The van der Waals surface area contributed by atoms with Crippen LogP contribution in [0.2, 0.25) is 0 Å². The number of aromatic hydroxyl groups is 1. The number of carboxylic acids is 1. The van der Waals surface area contributed by atoms with Crippen molar-refractivity contribution in [3.63, 3.8) is 0 Å². The predicted molar refractivity (Wildman–Crippen MR) is 127 cm³/mol. The minimum Gasteiger partial charge on any atom is -0.506 e. The Hall–Kier alpha value is -3.30. The maximum absolute atomic E-state index is 12.4. The number of fused-ring (bicyclic) bond motifs is 4. The third kappa shape index (κ3) is 4.34. The summed E-state index contributed by atoms with van der Waals surface area (Å²) in [6.07, 6.45) is 1.92. The van der Waals surface area contributed by atoms with Crippen LogP contribution in [-0.4, -0.2) is 57.2 Å². The van der Waals surface area contributed by atoms with E-state index in [1.165, 1.54) is 4.90 Å². The zero-order valence-electron chi connectivity index (χ0n) is 18.7. The number of nitrogens with zero attached hydrogens (tertiary/aromatic N) is 2. The molecule has 2 aromatic heterocycles. The Balaban J connectivity index is 0.00000306. The Bertz CT molecular complexity index is 1310. The number of carbonyl (C=O) groups excluding carboxylic acids is 1. The van der Waals surface area contributed by atoms with Crippen molar-refractivity contribution in [3.05, 3.63) is 50.9 Å². The molecule has 0 atom stereocenters. The van der Waals surface area contributed by atoms with Crippen molar-refractivity contribution in [2.24, 2.45) is 7.05 Å². The molecule has 176 valence electrons. The van der Waals surface area contributed by atoms with E-state index in [9.17, 15) is 24.6 Å². The summed E-state index contributed by atoms with van der Waals surface area (Å²) in [4.78, 5) is 39.8. The summed E-state index contributed by atoms with van der Waals surface area (Å²) in [6.45, 7) is 0.760. The van der Waals surface area contributed by atoms with E-state index in [4.69, 9.17) is 0 Å². The lowest BCUT2D eigenvalue weighted by Crippen LogP contribution is -2.32. The molecule has 10 heteroatoms. The summed E-state index contributed by atoms with van der Waals surface area (Å²) in [5.74, 6) is -1.90. The smallest absolute Gasteiger partial charge is 0.345 e. The second-order valence-corrected chi connectivity index (χ2v) is 8.34. The fourth-order valence-corrected chi connectivity index (χ4v) is 4.31. The summed E-state index contributed by atoms with van der Waals surface area (Å²) < 4.78 is 2.07. The maximum atomic E-state index is 12.4. The first-order valence-electron chi connectivity index (χ1n) is 10.4. The van der Waals surface area contributed by atoms with Gasteiger partial charge < -0.3 is 30.0 Å². The number of nitrogens with one attached hydrogen (secondary N) is 2. The molecular formula is C23H27ClN4O5. The number of aromatic amines is 1. The first-order chi connectivity index (χ1) is 15.2. The molecule has 3 aromatic rings. The maximum Gasteiger partial charge on any atom is 0.345 e. The molecule has 33 heavy (non-hydrogen) atoms. The molecule has 0 bridgehead atoms. The lowest BCUT2D eigenvalue weighted by atomic mass is 9.98. The number of pyridine rings is 1. The van der Waals surface area contributed by atoms with Gasteiger partial charge in [0, 0.05) is 55.4 Å². The number of amides is 1. The van der Waals surface area contributed by atoms with E-state index >= 15 is 0 Å². The van der Waals surface area contributed by atoms with E-state index in [0.717, 1.165) is 40.6 Å². The van der Waals surface area contributed by atoms with Crippen LogP contribution in [0, 0.1) is 0 Å². The number of carboxylic acid groups (broad SMARTS) is 1. The van der Waals surface area contributed by atoms with Gasteiger partial charge in [0.1, 0.15) is 5.75 Å².